The molecule has 132 valence electrons. The van der Waals surface area contributed by atoms with Crippen LogP contribution >= 0.6 is 0 Å². The largest absolute Gasteiger partial charge is 0.481 e. The van der Waals surface area contributed by atoms with Crippen LogP contribution in [-0.2, 0) is 9.59 Å². The molecule has 4 nitrogen and oxygen atoms in total. The van der Waals surface area contributed by atoms with E-state index in [0.29, 0.717) is 18.3 Å². The molecule has 0 aromatic carbocycles. The van der Waals surface area contributed by atoms with Crippen LogP contribution < -0.4 is 0 Å². The fourth-order valence-electron chi connectivity index (χ4n) is 7.88. The summed E-state index contributed by atoms with van der Waals surface area (Å²) in [6.45, 7) is 8.26. The molecule has 4 heteroatoms. The molecule has 0 radical (unpaired) electrons. The van der Waals surface area contributed by atoms with E-state index in [2.05, 4.69) is 13.5 Å². The molecule has 7 atom stereocenters. The van der Waals surface area contributed by atoms with E-state index in [1.807, 2.05) is 6.92 Å². The summed E-state index contributed by atoms with van der Waals surface area (Å²) in [5.41, 5.74) is -0.152. The van der Waals surface area contributed by atoms with Gasteiger partial charge in [-0.3, -0.25) is 9.59 Å². The molecule has 0 aliphatic heterocycles. The van der Waals surface area contributed by atoms with E-state index in [1.165, 1.54) is 5.57 Å². The minimum absolute atomic E-state index is 0.177. The molecule has 0 heterocycles. The van der Waals surface area contributed by atoms with Crippen LogP contribution in [0.25, 0.3) is 0 Å². The second kappa shape index (κ2) is 4.64. The van der Waals surface area contributed by atoms with E-state index in [-0.39, 0.29) is 16.7 Å². The third kappa shape index (κ3) is 1.65. The van der Waals surface area contributed by atoms with Crippen molar-refractivity contribution in [3.63, 3.8) is 0 Å². The zero-order valence-electron chi connectivity index (χ0n) is 14.7. The number of hydrogen-bond donors (Lipinski definition) is 2. The Hall–Kier alpha value is -1.32. The molecule has 0 aromatic rings. The average Bonchev–Trinajstić information content (AvgIpc) is 2.87. The van der Waals surface area contributed by atoms with E-state index in [9.17, 15) is 19.8 Å². The number of carbonyl (C=O) groups is 2. The summed E-state index contributed by atoms with van der Waals surface area (Å²) in [7, 11) is 0. The molecule has 0 unspecified atom stereocenters. The quantitative estimate of drug-likeness (QED) is 0.591. The van der Waals surface area contributed by atoms with Gasteiger partial charge in [0.05, 0.1) is 11.3 Å². The van der Waals surface area contributed by atoms with Crippen LogP contribution in [0.4, 0.5) is 0 Å². The Morgan fingerprint density at radius 1 is 1.17 bits per heavy atom. The van der Waals surface area contributed by atoms with Crippen LogP contribution in [0.3, 0.4) is 0 Å². The van der Waals surface area contributed by atoms with Crippen molar-refractivity contribution in [2.45, 2.75) is 58.8 Å². The first kappa shape index (κ1) is 16.2. The summed E-state index contributed by atoms with van der Waals surface area (Å²) in [4.78, 5) is 24.6. The molecule has 4 aliphatic carbocycles. The average molecular weight is 336 g/mol. The van der Waals surface area contributed by atoms with Crippen molar-refractivity contribution in [1.29, 1.82) is 0 Å². The minimum Gasteiger partial charge on any atom is -0.481 e. The number of allylic oxidation sites excluding steroid dienone is 1. The molecule has 4 rings (SSSR count). The highest BCUT2D eigenvalue weighted by atomic mass is 16.4. The number of aliphatic carboxylic acids is 2. The van der Waals surface area contributed by atoms with Gasteiger partial charge in [0.15, 0.2) is 0 Å². The van der Waals surface area contributed by atoms with Crippen LogP contribution in [0.2, 0.25) is 0 Å². The molecule has 4 saturated carbocycles. The van der Waals surface area contributed by atoms with Gasteiger partial charge in [0.1, 0.15) is 0 Å². The van der Waals surface area contributed by atoms with Gasteiger partial charge in [-0.15, -0.1) is 0 Å². The maximum Gasteiger partial charge on any atom is 0.309 e. The maximum absolute atomic E-state index is 12.4. The zero-order valence-corrected chi connectivity index (χ0v) is 14.7. The lowest BCUT2D eigenvalue weighted by molar-refractivity contribution is -0.166. The highest BCUT2D eigenvalue weighted by Crippen LogP contribution is 2.77. The highest BCUT2D eigenvalue weighted by molar-refractivity contribution is 5.79. The van der Waals surface area contributed by atoms with Gasteiger partial charge in [0, 0.05) is 0 Å². The second-order valence-corrected chi connectivity index (χ2v) is 9.47. The lowest BCUT2D eigenvalue weighted by atomic mass is 9.85. The predicted octanol–water partition coefficient (Wildman–Crippen LogP) is 3.96. The summed E-state index contributed by atoms with van der Waals surface area (Å²) >= 11 is 0. The van der Waals surface area contributed by atoms with E-state index >= 15 is 0 Å². The van der Waals surface area contributed by atoms with E-state index in [1.54, 1.807) is 0 Å². The highest BCUT2D eigenvalue weighted by Gasteiger charge is 2.75. The molecule has 0 amide bonds. The van der Waals surface area contributed by atoms with Gasteiger partial charge in [-0.1, -0.05) is 25.5 Å². The monoisotopic (exact) mass is 336 g/mol. The lowest BCUT2D eigenvalue weighted by Gasteiger charge is -2.50. The van der Waals surface area contributed by atoms with E-state index in [0.717, 1.165) is 38.5 Å². The Kier molecular flexibility index (Phi) is 3.13. The third-order valence-electron chi connectivity index (χ3n) is 8.57. The number of rotatable bonds is 2. The SMILES string of the molecule is C=[13C]1C[13C@]23C[C@H]1CC[C@H]2[13C@]1(C)CCC[13C@@](C)(C(=O)O)[C@H]1[C@@H]3C(=O)O. The number of carboxylic acids is 2. The fraction of sp³-hybridized carbons (Fsp3) is 0.800. The second-order valence-electron chi connectivity index (χ2n) is 9.47. The Morgan fingerprint density at radius 3 is 2.50 bits per heavy atom. The van der Waals surface area contributed by atoms with Crippen molar-refractivity contribution in [1.82, 2.24) is 0 Å². The van der Waals surface area contributed by atoms with Crippen molar-refractivity contribution < 1.29 is 19.8 Å². The summed E-state index contributed by atoms with van der Waals surface area (Å²) in [6.07, 6.45) is 6.29. The van der Waals surface area contributed by atoms with E-state index in [4.69, 9.17) is 0 Å². The predicted molar refractivity (Wildman–Crippen MR) is 89.3 cm³/mol. The molecule has 4 aliphatic rings. The fourth-order valence-corrected chi connectivity index (χ4v) is 7.88. The molecule has 4 fully saturated rings. The van der Waals surface area contributed by atoms with Gasteiger partial charge in [0.25, 0.3) is 0 Å². The van der Waals surface area contributed by atoms with Crippen molar-refractivity contribution >= 4 is 11.9 Å². The van der Waals surface area contributed by atoms with Crippen LogP contribution in [0.15, 0.2) is 12.2 Å². The number of fused-ring (bicyclic) bond motifs is 3. The van der Waals surface area contributed by atoms with Gasteiger partial charge >= 0.3 is 11.9 Å². The Labute approximate surface area is 143 Å². The normalized spacial score (nSPS) is 52.7. The van der Waals surface area contributed by atoms with Crippen molar-refractivity contribution in [3.05, 3.63) is 12.2 Å². The van der Waals surface area contributed by atoms with Gasteiger partial charge < -0.3 is 10.2 Å². The minimum atomic E-state index is -0.929. The van der Waals surface area contributed by atoms with E-state index < -0.39 is 23.3 Å². The molecular formula is C20H28O4. The molecule has 0 saturated heterocycles. The van der Waals surface area contributed by atoms with Crippen molar-refractivity contribution in [3.8, 4) is 0 Å². The Balaban J connectivity index is 1.93. The van der Waals surface area contributed by atoms with Crippen LogP contribution in [0.5, 0.6) is 0 Å². The third-order valence-corrected chi connectivity index (χ3v) is 8.57. The number of hydrogen-bond acceptors (Lipinski definition) is 2. The zero-order chi connectivity index (χ0) is 17.5. The number of carboxylic acid groups (broad SMARTS) is 2. The summed E-state index contributed by atoms with van der Waals surface area (Å²) in [5.74, 6) is -1.64. The molecule has 1 spiro atoms. The summed E-state index contributed by atoms with van der Waals surface area (Å²) < 4.78 is 0. The van der Waals surface area contributed by atoms with Gasteiger partial charge in [0.2, 0.25) is 0 Å². The Bertz CT molecular complexity index is 640. The first-order chi connectivity index (χ1) is 11.2. The standard InChI is InChI=1S/C20H28O4/c1-11-9-20-10-12(11)5-6-13(20)18(2)7-4-8-19(3,17(23)24)15(18)14(20)16(21)22/h12-15H,1,4-10H2,2-3H3,(H,21,22)(H,23,24)/t12-,13+,14-,15+,18+,19-,20+/m1/s1/i11+1,18+1,19+1,20+1. The molecular weight excluding hydrogens is 308 g/mol. The lowest BCUT2D eigenvalue weighted by Crippen LogP contribution is -2.50. The van der Waals surface area contributed by atoms with Crippen LogP contribution in [0, 0.1) is 39.9 Å². The molecule has 24 heavy (non-hydrogen) atoms. The summed E-state index contributed by atoms with van der Waals surface area (Å²) in [5, 5.41) is 20.2. The first-order valence-corrected chi connectivity index (χ1v) is 9.31. The summed E-state index contributed by atoms with van der Waals surface area (Å²) in [6, 6.07) is 0. The van der Waals surface area contributed by atoms with Crippen LogP contribution in [0.1, 0.15) is 58.8 Å². The first-order valence-electron chi connectivity index (χ1n) is 9.31. The Morgan fingerprint density at radius 2 is 1.88 bits per heavy atom. The molecule has 2 N–H and O–H groups in total. The van der Waals surface area contributed by atoms with Crippen LogP contribution in [-0.4, -0.2) is 22.2 Å². The van der Waals surface area contributed by atoms with Crippen molar-refractivity contribution in [2.24, 2.45) is 39.9 Å². The maximum atomic E-state index is 12.4. The molecule has 2 bridgehead atoms. The van der Waals surface area contributed by atoms with Gasteiger partial charge in [-0.05, 0) is 74.0 Å². The molecule has 0 aromatic heterocycles. The van der Waals surface area contributed by atoms with Gasteiger partial charge in [-0.2, -0.15) is 0 Å². The van der Waals surface area contributed by atoms with Crippen molar-refractivity contribution in [2.75, 3.05) is 0 Å². The smallest absolute Gasteiger partial charge is 0.309 e. The topological polar surface area (TPSA) is 74.6 Å². The van der Waals surface area contributed by atoms with Gasteiger partial charge in [-0.25, -0.2) is 0 Å².